The summed E-state index contributed by atoms with van der Waals surface area (Å²) in [6.45, 7) is 9.57. The van der Waals surface area contributed by atoms with Crippen LogP contribution in [0.5, 0.6) is 0 Å². The minimum Gasteiger partial charge on any atom is -0.301 e. The lowest BCUT2D eigenvalue weighted by Gasteiger charge is -2.23. The zero-order chi connectivity index (χ0) is 9.19. The van der Waals surface area contributed by atoms with E-state index in [9.17, 15) is 0 Å². The lowest BCUT2D eigenvalue weighted by molar-refractivity contribution is 0.250. The van der Waals surface area contributed by atoms with E-state index < -0.39 is 0 Å². The van der Waals surface area contributed by atoms with E-state index in [0.717, 1.165) is 12.5 Å². The van der Waals surface area contributed by atoms with Crippen molar-refractivity contribution in [2.45, 2.75) is 27.2 Å². The Hall–Kier alpha value is -0.550. The first-order chi connectivity index (χ1) is 5.53. The average molecular weight is 166 g/mol. The molecule has 12 heavy (non-hydrogen) atoms. The van der Waals surface area contributed by atoms with Crippen LogP contribution in [0.3, 0.4) is 0 Å². The third-order valence-corrected chi connectivity index (χ3v) is 2.43. The van der Waals surface area contributed by atoms with Gasteiger partial charge in [-0.15, -0.1) is 0 Å². The van der Waals surface area contributed by atoms with Crippen molar-refractivity contribution in [3.8, 4) is 6.07 Å². The van der Waals surface area contributed by atoms with Gasteiger partial charge in [0, 0.05) is 13.1 Å². The molecule has 1 rings (SSSR count). The maximum atomic E-state index is 8.84. The van der Waals surface area contributed by atoms with Gasteiger partial charge in [0.25, 0.3) is 0 Å². The summed E-state index contributed by atoms with van der Waals surface area (Å²) in [4.78, 5) is 2.40. The van der Waals surface area contributed by atoms with Gasteiger partial charge in [0.05, 0.1) is 11.5 Å². The van der Waals surface area contributed by atoms with Crippen LogP contribution in [0.15, 0.2) is 0 Å². The van der Waals surface area contributed by atoms with Crippen LogP contribution in [0.1, 0.15) is 27.2 Å². The molecule has 0 bridgehead atoms. The molecular formula is C10H18N2. The van der Waals surface area contributed by atoms with Gasteiger partial charge in [0.2, 0.25) is 0 Å². The van der Waals surface area contributed by atoms with Crippen LogP contribution >= 0.6 is 0 Å². The summed E-state index contributed by atoms with van der Waals surface area (Å²) in [5.41, 5.74) is -0.177. The Morgan fingerprint density at radius 1 is 1.58 bits per heavy atom. The Labute approximate surface area is 75.2 Å². The molecule has 0 saturated carbocycles. The fourth-order valence-electron chi connectivity index (χ4n) is 1.76. The summed E-state index contributed by atoms with van der Waals surface area (Å²) in [7, 11) is 0. The zero-order valence-electron chi connectivity index (χ0n) is 8.30. The number of hydrogen-bond donors (Lipinski definition) is 0. The Kier molecular flexibility index (Phi) is 2.74. The normalized spacial score (nSPS) is 25.7. The number of nitrogens with zero attached hydrogens (tertiary/aromatic N) is 2. The molecule has 1 saturated heterocycles. The van der Waals surface area contributed by atoms with Gasteiger partial charge in [0.15, 0.2) is 0 Å². The Morgan fingerprint density at radius 2 is 2.25 bits per heavy atom. The second kappa shape index (κ2) is 3.45. The number of nitriles is 1. The highest BCUT2D eigenvalue weighted by atomic mass is 15.1. The first-order valence-corrected chi connectivity index (χ1v) is 4.67. The van der Waals surface area contributed by atoms with Gasteiger partial charge in [-0.05, 0) is 32.7 Å². The van der Waals surface area contributed by atoms with Crippen molar-refractivity contribution >= 4 is 0 Å². The fraction of sp³-hybridized carbons (Fsp3) is 0.900. The van der Waals surface area contributed by atoms with Crippen LogP contribution in [0, 0.1) is 22.7 Å². The van der Waals surface area contributed by atoms with Crippen molar-refractivity contribution in [3.63, 3.8) is 0 Å². The molecule has 2 heteroatoms. The summed E-state index contributed by atoms with van der Waals surface area (Å²) in [5.74, 6) is 0.819. The Morgan fingerprint density at radius 3 is 2.67 bits per heavy atom. The standard InChI is InChI=1S/C10H18N2/c1-9-4-5-12(6-9)8-10(2,3)7-11/h9H,4-6,8H2,1-3H3. The summed E-state index contributed by atoms with van der Waals surface area (Å²) < 4.78 is 0. The molecule has 0 aliphatic carbocycles. The number of hydrogen-bond acceptors (Lipinski definition) is 2. The smallest absolute Gasteiger partial charge is 0.0697 e. The van der Waals surface area contributed by atoms with Gasteiger partial charge < -0.3 is 4.90 Å². The molecule has 1 aliphatic rings. The quantitative estimate of drug-likeness (QED) is 0.626. The highest BCUT2D eigenvalue weighted by molar-refractivity contribution is 4.94. The minimum absolute atomic E-state index is 0.177. The number of likely N-dealkylation sites (tertiary alicyclic amines) is 1. The molecule has 0 aromatic rings. The lowest BCUT2D eigenvalue weighted by Crippen LogP contribution is -2.31. The Balaban J connectivity index is 2.38. The van der Waals surface area contributed by atoms with Gasteiger partial charge >= 0.3 is 0 Å². The molecule has 2 nitrogen and oxygen atoms in total. The first kappa shape index (κ1) is 9.54. The van der Waals surface area contributed by atoms with Gasteiger partial charge in [-0.1, -0.05) is 6.92 Å². The van der Waals surface area contributed by atoms with E-state index in [2.05, 4.69) is 17.9 Å². The minimum atomic E-state index is -0.177. The molecule has 0 N–H and O–H groups in total. The average Bonchev–Trinajstić information content (AvgIpc) is 2.35. The van der Waals surface area contributed by atoms with Crippen molar-refractivity contribution in [2.24, 2.45) is 11.3 Å². The molecule has 1 atom stereocenters. The van der Waals surface area contributed by atoms with E-state index in [1.807, 2.05) is 13.8 Å². The van der Waals surface area contributed by atoms with Crippen LogP contribution in [-0.2, 0) is 0 Å². The van der Waals surface area contributed by atoms with E-state index in [4.69, 9.17) is 5.26 Å². The van der Waals surface area contributed by atoms with Crippen LogP contribution < -0.4 is 0 Å². The van der Waals surface area contributed by atoms with Gasteiger partial charge in [-0.2, -0.15) is 5.26 Å². The van der Waals surface area contributed by atoms with E-state index in [1.54, 1.807) is 0 Å². The molecule has 1 aliphatic heterocycles. The van der Waals surface area contributed by atoms with Crippen molar-refractivity contribution in [2.75, 3.05) is 19.6 Å². The molecular weight excluding hydrogens is 148 g/mol. The molecule has 0 aromatic carbocycles. The van der Waals surface area contributed by atoms with Crippen LogP contribution in [0.2, 0.25) is 0 Å². The molecule has 0 amide bonds. The zero-order valence-corrected chi connectivity index (χ0v) is 8.30. The monoisotopic (exact) mass is 166 g/mol. The molecule has 1 heterocycles. The van der Waals surface area contributed by atoms with Gasteiger partial charge in [-0.25, -0.2) is 0 Å². The van der Waals surface area contributed by atoms with Crippen LogP contribution in [0.25, 0.3) is 0 Å². The van der Waals surface area contributed by atoms with Crippen molar-refractivity contribution in [3.05, 3.63) is 0 Å². The van der Waals surface area contributed by atoms with E-state index in [-0.39, 0.29) is 5.41 Å². The van der Waals surface area contributed by atoms with E-state index in [1.165, 1.54) is 19.5 Å². The maximum Gasteiger partial charge on any atom is 0.0697 e. The van der Waals surface area contributed by atoms with Crippen LogP contribution in [0.4, 0.5) is 0 Å². The van der Waals surface area contributed by atoms with Crippen molar-refractivity contribution in [1.29, 1.82) is 5.26 Å². The lowest BCUT2D eigenvalue weighted by atomic mass is 9.95. The molecule has 68 valence electrons. The topological polar surface area (TPSA) is 27.0 Å². The summed E-state index contributed by atoms with van der Waals surface area (Å²) >= 11 is 0. The fourth-order valence-corrected chi connectivity index (χ4v) is 1.76. The predicted octanol–water partition coefficient (Wildman–Crippen LogP) is 1.88. The van der Waals surface area contributed by atoms with Gasteiger partial charge in [-0.3, -0.25) is 0 Å². The number of rotatable bonds is 2. The third-order valence-electron chi connectivity index (χ3n) is 2.43. The molecule has 0 aromatic heterocycles. The second-order valence-corrected chi connectivity index (χ2v) is 4.62. The Bertz CT molecular complexity index is 191. The predicted molar refractivity (Wildman–Crippen MR) is 49.6 cm³/mol. The SMILES string of the molecule is CC1CCN(CC(C)(C)C#N)C1. The van der Waals surface area contributed by atoms with Crippen molar-refractivity contribution < 1.29 is 0 Å². The molecule has 0 radical (unpaired) electrons. The summed E-state index contributed by atoms with van der Waals surface area (Å²) in [5, 5.41) is 8.84. The van der Waals surface area contributed by atoms with E-state index >= 15 is 0 Å². The highest BCUT2D eigenvalue weighted by Gasteiger charge is 2.25. The molecule has 1 fully saturated rings. The summed E-state index contributed by atoms with van der Waals surface area (Å²) in [6, 6.07) is 2.34. The first-order valence-electron chi connectivity index (χ1n) is 4.67. The van der Waals surface area contributed by atoms with Crippen LogP contribution in [-0.4, -0.2) is 24.5 Å². The van der Waals surface area contributed by atoms with Gasteiger partial charge in [0.1, 0.15) is 0 Å². The van der Waals surface area contributed by atoms with Crippen molar-refractivity contribution in [1.82, 2.24) is 4.90 Å². The molecule has 0 spiro atoms. The second-order valence-electron chi connectivity index (χ2n) is 4.62. The van der Waals surface area contributed by atoms with E-state index in [0.29, 0.717) is 0 Å². The molecule has 1 unspecified atom stereocenters. The largest absolute Gasteiger partial charge is 0.301 e. The maximum absolute atomic E-state index is 8.84. The summed E-state index contributed by atoms with van der Waals surface area (Å²) in [6.07, 6.45) is 1.29. The third kappa shape index (κ3) is 2.49. The highest BCUT2D eigenvalue weighted by Crippen LogP contribution is 2.21.